The van der Waals surface area contributed by atoms with Crippen LogP contribution >= 0.6 is 0 Å². The highest BCUT2D eigenvalue weighted by Crippen LogP contribution is 2.19. The Balaban J connectivity index is 2.63. The molecule has 0 bridgehead atoms. The fraction of sp³-hybridized carbons (Fsp3) is 0.818. The summed E-state index contributed by atoms with van der Waals surface area (Å²) in [4.78, 5) is 22.9. The molecule has 1 aliphatic rings. The third-order valence-corrected chi connectivity index (χ3v) is 5.61. The number of hydrogen-bond donors (Lipinski definition) is 3. The topological polar surface area (TPSA) is 122 Å². The maximum absolute atomic E-state index is 11.7. The zero-order valence-corrected chi connectivity index (χ0v) is 12.5. The highest BCUT2D eigenvalue weighted by Gasteiger charge is 2.44. The molecule has 20 heavy (non-hydrogen) atoms. The molecule has 0 aliphatic carbocycles. The number of nitrogens with one attached hydrogen (secondary N) is 2. The van der Waals surface area contributed by atoms with Gasteiger partial charge in [0.25, 0.3) is 0 Å². The van der Waals surface area contributed by atoms with Crippen molar-refractivity contribution in [3.63, 3.8) is 0 Å². The third-order valence-electron chi connectivity index (χ3n) is 3.46. The lowest BCUT2D eigenvalue weighted by Crippen LogP contribution is -2.59. The first-order valence-electron chi connectivity index (χ1n) is 6.07. The molecule has 1 atom stereocenters. The van der Waals surface area contributed by atoms with E-state index in [9.17, 15) is 18.0 Å². The van der Waals surface area contributed by atoms with Crippen molar-refractivity contribution >= 4 is 21.8 Å². The van der Waals surface area contributed by atoms with Gasteiger partial charge >= 0.3 is 12.0 Å². The molecule has 0 spiro atoms. The number of ether oxygens (including phenoxy) is 1. The van der Waals surface area contributed by atoms with Gasteiger partial charge in [0.1, 0.15) is 0 Å². The molecule has 1 fully saturated rings. The molecule has 9 heteroatoms. The van der Waals surface area contributed by atoms with Crippen LogP contribution in [0.4, 0.5) is 4.79 Å². The number of carbonyl (C=O) groups excluding carboxylic acids is 1. The van der Waals surface area contributed by atoms with Crippen LogP contribution in [0.15, 0.2) is 0 Å². The minimum atomic E-state index is -3.34. The van der Waals surface area contributed by atoms with E-state index in [4.69, 9.17) is 9.84 Å². The lowest BCUT2D eigenvalue weighted by Gasteiger charge is -2.26. The van der Waals surface area contributed by atoms with Gasteiger partial charge in [-0.1, -0.05) is 0 Å². The van der Waals surface area contributed by atoms with Gasteiger partial charge in [0.2, 0.25) is 0 Å². The van der Waals surface area contributed by atoms with Crippen LogP contribution in [0.5, 0.6) is 0 Å². The molecule has 1 rings (SSSR count). The predicted octanol–water partition coefficient (Wildman–Crippen LogP) is -0.647. The minimum Gasteiger partial charge on any atom is -0.479 e. The van der Waals surface area contributed by atoms with Gasteiger partial charge in [-0.15, -0.1) is 0 Å². The SMILES string of the molecule is CC(C)(CNC(=O)NC1(C(=O)O)CCOC1)S(C)(=O)=O. The summed E-state index contributed by atoms with van der Waals surface area (Å²) in [5.74, 6) is -1.17. The van der Waals surface area contributed by atoms with Crippen molar-refractivity contribution in [1.29, 1.82) is 0 Å². The predicted molar refractivity (Wildman–Crippen MR) is 71.3 cm³/mol. The molecule has 1 aliphatic heterocycles. The van der Waals surface area contributed by atoms with Crippen LogP contribution in [0.1, 0.15) is 20.3 Å². The minimum absolute atomic E-state index is 0.106. The van der Waals surface area contributed by atoms with E-state index in [0.29, 0.717) is 0 Å². The van der Waals surface area contributed by atoms with Gasteiger partial charge < -0.3 is 20.5 Å². The van der Waals surface area contributed by atoms with Crippen LogP contribution in [0.2, 0.25) is 0 Å². The van der Waals surface area contributed by atoms with Crippen LogP contribution in [0.3, 0.4) is 0 Å². The molecule has 1 heterocycles. The molecule has 2 amide bonds. The summed E-state index contributed by atoms with van der Waals surface area (Å²) in [6.07, 6.45) is 1.25. The smallest absolute Gasteiger partial charge is 0.332 e. The number of amides is 2. The van der Waals surface area contributed by atoms with Gasteiger partial charge in [-0.3, -0.25) is 0 Å². The van der Waals surface area contributed by atoms with E-state index in [2.05, 4.69) is 10.6 Å². The highest BCUT2D eigenvalue weighted by atomic mass is 32.2. The number of carbonyl (C=O) groups is 2. The van der Waals surface area contributed by atoms with Crippen LogP contribution in [-0.4, -0.2) is 61.8 Å². The first kappa shape index (κ1) is 16.7. The molecule has 0 radical (unpaired) electrons. The Labute approximate surface area is 117 Å². The molecule has 3 N–H and O–H groups in total. The Kier molecular flexibility index (Phi) is 4.65. The van der Waals surface area contributed by atoms with Gasteiger partial charge in [0.15, 0.2) is 15.4 Å². The first-order valence-corrected chi connectivity index (χ1v) is 7.96. The van der Waals surface area contributed by atoms with E-state index in [1.165, 1.54) is 13.8 Å². The van der Waals surface area contributed by atoms with Crippen LogP contribution in [-0.2, 0) is 19.4 Å². The molecule has 0 saturated carbocycles. The van der Waals surface area contributed by atoms with E-state index in [0.717, 1.165) is 6.26 Å². The van der Waals surface area contributed by atoms with Crippen molar-refractivity contribution in [1.82, 2.24) is 10.6 Å². The zero-order valence-electron chi connectivity index (χ0n) is 11.7. The largest absolute Gasteiger partial charge is 0.479 e. The Morgan fingerprint density at radius 2 is 2.00 bits per heavy atom. The van der Waals surface area contributed by atoms with Gasteiger partial charge in [0, 0.05) is 25.8 Å². The van der Waals surface area contributed by atoms with E-state index >= 15 is 0 Å². The molecule has 0 aromatic carbocycles. The van der Waals surface area contributed by atoms with Crippen LogP contribution < -0.4 is 10.6 Å². The molecule has 0 aromatic rings. The Hall–Kier alpha value is -1.35. The quantitative estimate of drug-likeness (QED) is 0.620. The summed E-state index contributed by atoms with van der Waals surface area (Å²) in [5, 5.41) is 13.9. The van der Waals surface area contributed by atoms with E-state index < -0.39 is 32.1 Å². The number of sulfone groups is 1. The first-order chi connectivity index (χ1) is 9.00. The van der Waals surface area contributed by atoms with E-state index in [1.54, 1.807) is 0 Å². The lowest BCUT2D eigenvalue weighted by molar-refractivity contribution is -0.144. The fourth-order valence-electron chi connectivity index (χ4n) is 1.57. The van der Waals surface area contributed by atoms with Crippen molar-refractivity contribution < 1.29 is 27.9 Å². The molecular formula is C11H20N2O6S. The van der Waals surface area contributed by atoms with Gasteiger partial charge in [-0.05, 0) is 13.8 Å². The van der Waals surface area contributed by atoms with Crippen molar-refractivity contribution in [2.24, 2.45) is 0 Å². The second-order valence-corrected chi connectivity index (χ2v) is 8.18. The average Bonchev–Trinajstić information content (AvgIpc) is 2.75. The second kappa shape index (κ2) is 5.57. The van der Waals surface area contributed by atoms with E-state index in [-0.39, 0.29) is 26.2 Å². The number of urea groups is 1. The second-order valence-electron chi connectivity index (χ2n) is 5.53. The van der Waals surface area contributed by atoms with Crippen molar-refractivity contribution in [3.05, 3.63) is 0 Å². The summed E-state index contributed by atoms with van der Waals surface area (Å²) in [6.45, 7) is 2.99. The zero-order chi connectivity index (χ0) is 15.6. The maximum atomic E-state index is 11.7. The van der Waals surface area contributed by atoms with E-state index in [1.807, 2.05) is 0 Å². The lowest BCUT2D eigenvalue weighted by atomic mass is 9.99. The van der Waals surface area contributed by atoms with Gasteiger partial charge in [-0.25, -0.2) is 18.0 Å². The number of hydrogen-bond acceptors (Lipinski definition) is 5. The molecule has 8 nitrogen and oxygen atoms in total. The molecule has 116 valence electrons. The number of carboxylic acids is 1. The van der Waals surface area contributed by atoms with Gasteiger partial charge in [0.05, 0.1) is 11.4 Å². The molecule has 0 aromatic heterocycles. The maximum Gasteiger partial charge on any atom is 0.332 e. The van der Waals surface area contributed by atoms with Crippen LogP contribution in [0.25, 0.3) is 0 Å². The fourth-order valence-corrected chi connectivity index (χ4v) is 1.91. The average molecular weight is 308 g/mol. The number of rotatable bonds is 5. The summed E-state index contributed by atoms with van der Waals surface area (Å²) in [7, 11) is -3.34. The standard InChI is InChI=1S/C11H20N2O6S/c1-10(2,20(3,17)18)6-12-9(16)13-11(8(14)15)4-5-19-7-11/h4-7H2,1-3H3,(H,14,15)(H2,12,13,16). The normalized spacial score (nSPS) is 23.4. The van der Waals surface area contributed by atoms with Crippen molar-refractivity contribution in [2.45, 2.75) is 30.6 Å². The summed E-state index contributed by atoms with van der Waals surface area (Å²) < 4.78 is 26.9. The third kappa shape index (κ3) is 3.60. The van der Waals surface area contributed by atoms with Crippen molar-refractivity contribution in [3.8, 4) is 0 Å². The monoisotopic (exact) mass is 308 g/mol. The molecule has 1 unspecified atom stereocenters. The van der Waals surface area contributed by atoms with Gasteiger partial charge in [-0.2, -0.15) is 0 Å². The Bertz CT molecular complexity index is 493. The Morgan fingerprint density at radius 1 is 1.40 bits per heavy atom. The summed E-state index contributed by atoms with van der Waals surface area (Å²) in [5.41, 5.74) is -1.45. The highest BCUT2D eigenvalue weighted by molar-refractivity contribution is 7.92. The number of aliphatic carboxylic acids is 1. The summed E-state index contributed by atoms with van der Waals surface area (Å²) >= 11 is 0. The van der Waals surface area contributed by atoms with Crippen molar-refractivity contribution in [2.75, 3.05) is 26.0 Å². The molecular weight excluding hydrogens is 288 g/mol. The van der Waals surface area contributed by atoms with Crippen LogP contribution in [0, 0.1) is 0 Å². The summed E-state index contributed by atoms with van der Waals surface area (Å²) in [6, 6.07) is -0.727. The number of carboxylic acid groups (broad SMARTS) is 1. The Morgan fingerprint density at radius 3 is 2.40 bits per heavy atom. The molecule has 1 saturated heterocycles.